The molecule has 0 N–H and O–H groups in total. The number of hydrogen-bond donors (Lipinski definition) is 0. The second kappa shape index (κ2) is 7.68. The normalized spacial score (nSPS) is 24.0. The van der Waals surface area contributed by atoms with Crippen LogP contribution in [0, 0.1) is 11.8 Å². The highest BCUT2D eigenvalue weighted by molar-refractivity contribution is 7.91. The zero-order valence-corrected chi connectivity index (χ0v) is 15.2. The molecule has 5 nitrogen and oxygen atoms in total. The Balaban J connectivity index is 1.57. The predicted octanol–water partition coefficient (Wildman–Crippen LogP) is 1.86. The number of piperidine rings is 1. The highest BCUT2D eigenvalue weighted by Crippen LogP contribution is 2.25. The monoisotopic (exact) mass is 363 g/mol. The molecule has 25 heavy (non-hydrogen) atoms. The van der Waals surface area contributed by atoms with Crippen molar-refractivity contribution in [1.82, 2.24) is 4.90 Å². The van der Waals surface area contributed by atoms with E-state index in [-0.39, 0.29) is 35.0 Å². The van der Waals surface area contributed by atoms with E-state index in [0.29, 0.717) is 32.4 Å². The van der Waals surface area contributed by atoms with E-state index in [9.17, 15) is 18.0 Å². The first-order chi connectivity index (χ1) is 11.9. The van der Waals surface area contributed by atoms with Gasteiger partial charge < -0.3 is 4.90 Å². The van der Waals surface area contributed by atoms with Crippen molar-refractivity contribution in [3.63, 3.8) is 0 Å². The van der Waals surface area contributed by atoms with Crippen molar-refractivity contribution in [2.24, 2.45) is 11.8 Å². The molecular weight excluding hydrogens is 338 g/mol. The number of ketones is 1. The fourth-order valence-corrected chi connectivity index (χ4v) is 5.27. The second-order valence-corrected chi connectivity index (χ2v) is 9.48. The number of benzene rings is 1. The molecule has 2 fully saturated rings. The third-order valence-electron chi connectivity index (χ3n) is 5.31. The summed E-state index contributed by atoms with van der Waals surface area (Å²) < 4.78 is 23.1. The standard InChI is InChI=1S/C19H25NO4S/c21-18(13-15-5-2-1-3-6-15)17-7-4-10-20(14-17)19(22)16-8-11-25(23,24)12-9-16/h1-3,5-6,16-17H,4,7-14H2. The lowest BCUT2D eigenvalue weighted by atomic mass is 9.89. The van der Waals surface area contributed by atoms with Crippen molar-refractivity contribution in [2.75, 3.05) is 24.6 Å². The highest BCUT2D eigenvalue weighted by atomic mass is 32.2. The number of hydrogen-bond acceptors (Lipinski definition) is 4. The molecule has 0 spiro atoms. The van der Waals surface area contributed by atoms with Gasteiger partial charge >= 0.3 is 0 Å². The molecule has 0 saturated carbocycles. The molecule has 2 saturated heterocycles. The SMILES string of the molecule is O=C(Cc1ccccc1)C1CCCN(C(=O)C2CCS(=O)(=O)CC2)C1. The van der Waals surface area contributed by atoms with Crippen molar-refractivity contribution >= 4 is 21.5 Å². The van der Waals surface area contributed by atoms with Gasteiger partial charge in [0.15, 0.2) is 0 Å². The molecule has 0 radical (unpaired) electrons. The smallest absolute Gasteiger partial charge is 0.225 e. The summed E-state index contributed by atoms with van der Waals surface area (Å²) in [5, 5.41) is 0. The lowest BCUT2D eigenvalue weighted by Crippen LogP contribution is -2.46. The Hall–Kier alpha value is -1.69. The third-order valence-corrected chi connectivity index (χ3v) is 7.03. The van der Waals surface area contributed by atoms with E-state index in [1.165, 1.54) is 0 Å². The van der Waals surface area contributed by atoms with Gasteiger partial charge in [0.05, 0.1) is 11.5 Å². The van der Waals surface area contributed by atoms with Crippen LogP contribution in [0.25, 0.3) is 0 Å². The summed E-state index contributed by atoms with van der Waals surface area (Å²) >= 11 is 0. The fraction of sp³-hybridized carbons (Fsp3) is 0.579. The molecule has 6 heteroatoms. The lowest BCUT2D eigenvalue weighted by molar-refractivity contribution is -0.139. The van der Waals surface area contributed by atoms with Gasteiger partial charge in [-0.25, -0.2) is 8.42 Å². The van der Waals surface area contributed by atoms with Gasteiger partial charge in [0.25, 0.3) is 0 Å². The van der Waals surface area contributed by atoms with Gasteiger partial charge in [0.1, 0.15) is 15.6 Å². The minimum atomic E-state index is -2.96. The first-order valence-corrected chi connectivity index (χ1v) is 10.8. The first-order valence-electron chi connectivity index (χ1n) is 9.00. The summed E-state index contributed by atoms with van der Waals surface area (Å²) in [6.45, 7) is 1.16. The molecule has 0 aliphatic carbocycles. The Morgan fingerprint density at radius 3 is 2.36 bits per heavy atom. The summed E-state index contributed by atoms with van der Waals surface area (Å²) in [6, 6.07) is 9.68. The van der Waals surface area contributed by atoms with Crippen molar-refractivity contribution < 1.29 is 18.0 Å². The summed E-state index contributed by atoms with van der Waals surface area (Å²) in [6.07, 6.45) is 2.91. The fourth-order valence-electron chi connectivity index (χ4n) is 3.78. The number of Topliss-reactive ketones (excluding diaryl/α,β-unsaturated/α-hetero) is 1. The van der Waals surface area contributed by atoms with E-state index in [1.54, 1.807) is 4.90 Å². The Labute approximate surface area is 149 Å². The van der Waals surface area contributed by atoms with E-state index in [1.807, 2.05) is 30.3 Å². The Bertz CT molecular complexity index is 715. The van der Waals surface area contributed by atoms with Crippen LogP contribution in [0.4, 0.5) is 0 Å². The molecule has 2 aliphatic heterocycles. The number of carbonyl (C=O) groups is 2. The Morgan fingerprint density at radius 2 is 1.68 bits per heavy atom. The summed E-state index contributed by atoms with van der Waals surface area (Å²) in [5.41, 5.74) is 1.01. The van der Waals surface area contributed by atoms with Crippen LogP contribution in [0.15, 0.2) is 30.3 Å². The van der Waals surface area contributed by atoms with Crippen molar-refractivity contribution in [3.8, 4) is 0 Å². The number of likely N-dealkylation sites (tertiary alicyclic amines) is 1. The quantitative estimate of drug-likeness (QED) is 0.819. The van der Waals surface area contributed by atoms with Crippen molar-refractivity contribution in [3.05, 3.63) is 35.9 Å². The number of sulfone groups is 1. The van der Waals surface area contributed by atoms with Crippen LogP contribution < -0.4 is 0 Å². The predicted molar refractivity (Wildman–Crippen MR) is 95.8 cm³/mol. The van der Waals surface area contributed by atoms with Crippen LogP contribution in [0.3, 0.4) is 0 Å². The van der Waals surface area contributed by atoms with E-state index >= 15 is 0 Å². The molecule has 0 aromatic heterocycles. The number of rotatable bonds is 4. The van der Waals surface area contributed by atoms with Gasteiger partial charge in [-0.2, -0.15) is 0 Å². The number of nitrogens with zero attached hydrogens (tertiary/aromatic N) is 1. The average Bonchev–Trinajstić information content (AvgIpc) is 2.62. The van der Waals surface area contributed by atoms with Crippen LogP contribution in [0.5, 0.6) is 0 Å². The van der Waals surface area contributed by atoms with Gasteiger partial charge in [-0.3, -0.25) is 9.59 Å². The molecule has 1 amide bonds. The van der Waals surface area contributed by atoms with Gasteiger partial charge in [-0.15, -0.1) is 0 Å². The molecule has 1 unspecified atom stereocenters. The summed E-state index contributed by atoms with van der Waals surface area (Å²) in [7, 11) is -2.96. The van der Waals surface area contributed by atoms with E-state index in [4.69, 9.17) is 0 Å². The third kappa shape index (κ3) is 4.69. The van der Waals surface area contributed by atoms with E-state index < -0.39 is 9.84 Å². The first kappa shape index (κ1) is 18.1. The van der Waals surface area contributed by atoms with E-state index in [0.717, 1.165) is 18.4 Å². The largest absolute Gasteiger partial charge is 0.342 e. The molecule has 1 atom stereocenters. The van der Waals surface area contributed by atoms with Gasteiger partial charge in [0, 0.05) is 31.3 Å². The second-order valence-electron chi connectivity index (χ2n) is 7.18. The highest BCUT2D eigenvalue weighted by Gasteiger charge is 2.34. The molecular formula is C19H25NO4S. The van der Waals surface area contributed by atoms with Gasteiger partial charge in [0.2, 0.25) is 5.91 Å². The maximum absolute atomic E-state index is 12.7. The molecule has 1 aromatic rings. The molecule has 1 aromatic carbocycles. The van der Waals surface area contributed by atoms with Crippen LogP contribution >= 0.6 is 0 Å². The van der Waals surface area contributed by atoms with Gasteiger partial charge in [-0.05, 0) is 31.2 Å². The Kier molecular flexibility index (Phi) is 5.57. The molecule has 2 heterocycles. The Morgan fingerprint density at radius 1 is 1.00 bits per heavy atom. The minimum Gasteiger partial charge on any atom is -0.342 e. The zero-order chi connectivity index (χ0) is 17.9. The average molecular weight is 363 g/mol. The van der Waals surface area contributed by atoms with Gasteiger partial charge in [-0.1, -0.05) is 30.3 Å². The van der Waals surface area contributed by atoms with Crippen molar-refractivity contribution in [2.45, 2.75) is 32.1 Å². The molecule has 0 bridgehead atoms. The maximum Gasteiger partial charge on any atom is 0.225 e. The molecule has 136 valence electrons. The van der Waals surface area contributed by atoms with Crippen LogP contribution in [0.1, 0.15) is 31.2 Å². The van der Waals surface area contributed by atoms with E-state index in [2.05, 4.69) is 0 Å². The summed E-state index contributed by atoms with van der Waals surface area (Å²) in [5.74, 6) is 0.125. The maximum atomic E-state index is 12.7. The summed E-state index contributed by atoms with van der Waals surface area (Å²) in [4.78, 5) is 27.1. The number of amides is 1. The minimum absolute atomic E-state index is 0.0344. The van der Waals surface area contributed by atoms with Crippen LogP contribution in [0.2, 0.25) is 0 Å². The molecule has 2 aliphatic rings. The van der Waals surface area contributed by atoms with Crippen LogP contribution in [-0.4, -0.2) is 49.6 Å². The lowest BCUT2D eigenvalue weighted by Gasteiger charge is -2.35. The number of carbonyl (C=O) groups excluding carboxylic acids is 2. The topological polar surface area (TPSA) is 71.5 Å². The molecule has 3 rings (SSSR count). The van der Waals surface area contributed by atoms with Crippen molar-refractivity contribution in [1.29, 1.82) is 0 Å². The van der Waals surface area contributed by atoms with Crippen LogP contribution in [-0.2, 0) is 25.8 Å². The zero-order valence-electron chi connectivity index (χ0n) is 14.4.